The van der Waals surface area contributed by atoms with Crippen LogP contribution in [0.4, 0.5) is 0 Å². The standard InChI is InChI=1S/C12H18O8/c1-6(13)17-5-10-12(16)9(18-7(2)14)4-11(20-10)19-8(3)15/h9-12,16H,4-5H2,1-3H3/t9?,10?,11-,12?/m0/s1. The van der Waals surface area contributed by atoms with Crippen molar-refractivity contribution < 1.29 is 38.4 Å². The van der Waals surface area contributed by atoms with E-state index in [0.29, 0.717) is 0 Å². The van der Waals surface area contributed by atoms with Crippen molar-refractivity contribution in [2.75, 3.05) is 6.61 Å². The molecule has 20 heavy (non-hydrogen) atoms. The summed E-state index contributed by atoms with van der Waals surface area (Å²) in [7, 11) is 0. The fraction of sp³-hybridized carbons (Fsp3) is 0.750. The molecule has 1 saturated heterocycles. The van der Waals surface area contributed by atoms with Gasteiger partial charge in [0, 0.05) is 20.8 Å². The molecule has 1 aliphatic heterocycles. The predicted octanol–water partition coefficient (Wildman–Crippen LogP) is -0.480. The van der Waals surface area contributed by atoms with E-state index in [1.54, 1.807) is 0 Å². The summed E-state index contributed by atoms with van der Waals surface area (Å²) in [5, 5.41) is 10.0. The van der Waals surface area contributed by atoms with E-state index in [1.807, 2.05) is 0 Å². The minimum atomic E-state index is -1.18. The van der Waals surface area contributed by atoms with E-state index >= 15 is 0 Å². The van der Waals surface area contributed by atoms with Crippen molar-refractivity contribution >= 4 is 17.9 Å². The second-order valence-electron chi connectivity index (χ2n) is 4.39. The van der Waals surface area contributed by atoms with Crippen molar-refractivity contribution in [3.8, 4) is 0 Å². The Kier molecular flexibility index (Phi) is 5.90. The zero-order chi connectivity index (χ0) is 15.3. The lowest BCUT2D eigenvalue weighted by molar-refractivity contribution is -0.255. The molecule has 0 radical (unpaired) electrons. The van der Waals surface area contributed by atoms with Crippen molar-refractivity contribution in [1.82, 2.24) is 0 Å². The first-order valence-electron chi connectivity index (χ1n) is 6.11. The van der Waals surface area contributed by atoms with Crippen molar-refractivity contribution in [2.24, 2.45) is 0 Å². The molecule has 0 aromatic rings. The zero-order valence-electron chi connectivity index (χ0n) is 11.5. The Balaban J connectivity index is 2.72. The number of rotatable bonds is 4. The highest BCUT2D eigenvalue weighted by atomic mass is 16.7. The normalized spacial score (nSPS) is 29.4. The second kappa shape index (κ2) is 7.20. The number of aliphatic hydroxyl groups excluding tert-OH is 1. The molecular weight excluding hydrogens is 272 g/mol. The zero-order valence-corrected chi connectivity index (χ0v) is 11.5. The lowest BCUT2D eigenvalue weighted by Gasteiger charge is -2.37. The molecule has 3 unspecified atom stereocenters. The Hall–Kier alpha value is -1.67. The maximum absolute atomic E-state index is 11.0. The van der Waals surface area contributed by atoms with Crippen molar-refractivity contribution in [3.63, 3.8) is 0 Å². The first-order chi connectivity index (χ1) is 9.29. The fourth-order valence-corrected chi connectivity index (χ4v) is 1.83. The van der Waals surface area contributed by atoms with Gasteiger partial charge in [-0.05, 0) is 0 Å². The van der Waals surface area contributed by atoms with Gasteiger partial charge in [0.15, 0.2) is 0 Å². The van der Waals surface area contributed by atoms with Crippen molar-refractivity contribution in [1.29, 1.82) is 0 Å². The minimum absolute atomic E-state index is 0.0108. The van der Waals surface area contributed by atoms with Gasteiger partial charge in [-0.25, -0.2) is 0 Å². The predicted molar refractivity (Wildman–Crippen MR) is 63.2 cm³/mol. The van der Waals surface area contributed by atoms with Crippen molar-refractivity contribution in [3.05, 3.63) is 0 Å². The average Bonchev–Trinajstić information content (AvgIpc) is 2.29. The molecule has 8 nitrogen and oxygen atoms in total. The molecule has 0 aliphatic carbocycles. The second-order valence-corrected chi connectivity index (χ2v) is 4.39. The Labute approximate surface area is 115 Å². The van der Waals surface area contributed by atoms with Gasteiger partial charge in [0.1, 0.15) is 24.9 Å². The number of ether oxygens (including phenoxy) is 4. The summed E-state index contributed by atoms with van der Waals surface area (Å²) < 4.78 is 19.9. The van der Waals surface area contributed by atoms with Gasteiger partial charge in [0.2, 0.25) is 6.29 Å². The molecule has 0 aromatic carbocycles. The average molecular weight is 290 g/mol. The molecule has 0 spiro atoms. The van der Waals surface area contributed by atoms with Crippen LogP contribution >= 0.6 is 0 Å². The van der Waals surface area contributed by atoms with Gasteiger partial charge in [-0.1, -0.05) is 0 Å². The first kappa shape index (κ1) is 16.4. The number of aliphatic hydroxyl groups is 1. The molecule has 1 N–H and O–H groups in total. The van der Waals surface area contributed by atoms with Gasteiger partial charge >= 0.3 is 17.9 Å². The molecule has 4 atom stereocenters. The van der Waals surface area contributed by atoms with Gasteiger partial charge in [-0.15, -0.1) is 0 Å². The third-order valence-electron chi connectivity index (χ3n) is 2.58. The summed E-state index contributed by atoms with van der Waals surface area (Å²) in [6.45, 7) is 3.38. The maximum Gasteiger partial charge on any atom is 0.304 e. The van der Waals surface area contributed by atoms with E-state index in [-0.39, 0.29) is 13.0 Å². The lowest BCUT2D eigenvalue weighted by Crippen LogP contribution is -2.52. The molecule has 1 fully saturated rings. The topological polar surface area (TPSA) is 108 Å². The molecule has 8 heteroatoms. The monoisotopic (exact) mass is 290 g/mol. The highest BCUT2D eigenvalue weighted by molar-refractivity contribution is 5.67. The Bertz CT molecular complexity index is 380. The summed E-state index contributed by atoms with van der Waals surface area (Å²) in [6, 6.07) is 0. The summed E-state index contributed by atoms with van der Waals surface area (Å²) in [5.74, 6) is -1.69. The summed E-state index contributed by atoms with van der Waals surface area (Å²) in [6.07, 6.45) is -3.98. The van der Waals surface area contributed by atoms with Crippen LogP contribution in [0.5, 0.6) is 0 Å². The van der Waals surface area contributed by atoms with Crippen LogP contribution in [0.2, 0.25) is 0 Å². The fourth-order valence-electron chi connectivity index (χ4n) is 1.83. The Morgan fingerprint density at radius 2 is 1.70 bits per heavy atom. The molecule has 114 valence electrons. The third-order valence-corrected chi connectivity index (χ3v) is 2.58. The van der Waals surface area contributed by atoms with E-state index < -0.39 is 42.5 Å². The van der Waals surface area contributed by atoms with E-state index in [9.17, 15) is 19.5 Å². The van der Waals surface area contributed by atoms with Crippen LogP contribution < -0.4 is 0 Å². The quantitative estimate of drug-likeness (QED) is 0.546. The maximum atomic E-state index is 11.0. The summed E-state index contributed by atoms with van der Waals surface area (Å²) in [4.78, 5) is 32.7. The van der Waals surface area contributed by atoms with E-state index in [0.717, 1.165) is 0 Å². The van der Waals surface area contributed by atoms with Crippen LogP contribution in [0.15, 0.2) is 0 Å². The number of carbonyl (C=O) groups excluding carboxylic acids is 3. The highest BCUT2D eigenvalue weighted by Crippen LogP contribution is 2.24. The molecular formula is C12H18O8. The summed E-state index contributed by atoms with van der Waals surface area (Å²) in [5.41, 5.74) is 0. The molecule has 0 saturated carbocycles. The smallest absolute Gasteiger partial charge is 0.304 e. The minimum Gasteiger partial charge on any atom is -0.463 e. The SMILES string of the molecule is CC(=O)OCC1O[C@H](OC(C)=O)CC(OC(C)=O)C1O. The van der Waals surface area contributed by atoms with Crippen LogP contribution in [0.25, 0.3) is 0 Å². The van der Waals surface area contributed by atoms with E-state index in [4.69, 9.17) is 18.9 Å². The van der Waals surface area contributed by atoms with Crippen molar-refractivity contribution in [2.45, 2.75) is 51.8 Å². The van der Waals surface area contributed by atoms with E-state index in [1.165, 1.54) is 20.8 Å². The number of esters is 3. The van der Waals surface area contributed by atoms with Crippen LogP contribution in [0, 0.1) is 0 Å². The summed E-state index contributed by atoms with van der Waals surface area (Å²) >= 11 is 0. The van der Waals surface area contributed by atoms with E-state index in [2.05, 4.69) is 0 Å². The van der Waals surface area contributed by atoms with Gasteiger partial charge in [-0.3, -0.25) is 14.4 Å². The third kappa shape index (κ3) is 5.14. The molecule has 1 aliphatic rings. The van der Waals surface area contributed by atoms with Gasteiger partial charge in [0.25, 0.3) is 0 Å². The molecule has 0 aromatic heterocycles. The highest BCUT2D eigenvalue weighted by Gasteiger charge is 2.41. The lowest BCUT2D eigenvalue weighted by atomic mass is 10.0. The number of hydrogen-bond acceptors (Lipinski definition) is 8. The largest absolute Gasteiger partial charge is 0.463 e. The van der Waals surface area contributed by atoms with Gasteiger partial charge < -0.3 is 24.1 Å². The molecule has 1 rings (SSSR count). The Morgan fingerprint density at radius 1 is 1.10 bits per heavy atom. The van der Waals surface area contributed by atoms with Crippen LogP contribution in [-0.2, 0) is 33.3 Å². The van der Waals surface area contributed by atoms with Gasteiger partial charge in [0.05, 0.1) is 6.42 Å². The number of hydrogen-bond donors (Lipinski definition) is 1. The molecule has 1 heterocycles. The van der Waals surface area contributed by atoms with Gasteiger partial charge in [-0.2, -0.15) is 0 Å². The number of carbonyl (C=O) groups is 3. The molecule has 0 bridgehead atoms. The van der Waals surface area contributed by atoms with Crippen LogP contribution in [-0.4, -0.2) is 54.2 Å². The Morgan fingerprint density at radius 3 is 2.20 bits per heavy atom. The van der Waals surface area contributed by atoms with Crippen LogP contribution in [0.3, 0.4) is 0 Å². The first-order valence-corrected chi connectivity index (χ1v) is 6.11. The van der Waals surface area contributed by atoms with Crippen LogP contribution in [0.1, 0.15) is 27.2 Å². The molecule has 0 amide bonds.